The van der Waals surface area contributed by atoms with Gasteiger partial charge in [-0.2, -0.15) is 5.10 Å². The molecule has 92 valence electrons. The van der Waals surface area contributed by atoms with E-state index in [0.29, 0.717) is 0 Å². The van der Waals surface area contributed by atoms with E-state index in [2.05, 4.69) is 34.9 Å². The van der Waals surface area contributed by atoms with Crippen LogP contribution in [0, 0.1) is 0 Å². The summed E-state index contributed by atoms with van der Waals surface area (Å²) >= 11 is 8.03. The maximum absolute atomic E-state index is 6.27. The molecule has 0 spiro atoms. The number of nitrogens with zero attached hydrogens (tertiary/aromatic N) is 2. The van der Waals surface area contributed by atoms with Gasteiger partial charge < -0.3 is 5.32 Å². The molecule has 0 radical (unpaired) electrons. The van der Waals surface area contributed by atoms with E-state index in [9.17, 15) is 0 Å². The second-order valence-corrected chi connectivity index (χ2v) is 5.28. The molecule has 2 aromatic heterocycles. The molecule has 0 fully saturated rings. The van der Waals surface area contributed by atoms with Gasteiger partial charge in [-0.15, -0.1) is 11.3 Å². The van der Waals surface area contributed by atoms with Crippen LogP contribution in [0.4, 0.5) is 0 Å². The minimum absolute atomic E-state index is 0.750. The summed E-state index contributed by atoms with van der Waals surface area (Å²) in [6.07, 6.45) is 0.873. The first kappa shape index (κ1) is 12.6. The number of rotatable bonds is 5. The molecule has 0 unspecified atom stereocenters. The fourth-order valence-electron chi connectivity index (χ4n) is 1.73. The van der Waals surface area contributed by atoms with E-state index in [1.807, 2.05) is 11.7 Å². The maximum atomic E-state index is 6.27. The van der Waals surface area contributed by atoms with Crippen molar-refractivity contribution in [3.8, 4) is 0 Å². The Hall–Kier alpha value is -0.840. The summed E-state index contributed by atoms with van der Waals surface area (Å²) in [5, 5.41) is 10.7. The van der Waals surface area contributed by atoms with E-state index in [1.165, 1.54) is 4.88 Å². The fraction of sp³-hybridized carbons (Fsp3) is 0.417. The van der Waals surface area contributed by atoms with Crippen LogP contribution >= 0.6 is 22.9 Å². The zero-order valence-electron chi connectivity index (χ0n) is 10.0. The van der Waals surface area contributed by atoms with Gasteiger partial charge in [0.1, 0.15) is 0 Å². The first-order valence-corrected chi connectivity index (χ1v) is 6.91. The lowest BCUT2D eigenvalue weighted by Gasteiger charge is -2.04. The van der Waals surface area contributed by atoms with Gasteiger partial charge in [-0.3, -0.25) is 4.68 Å². The topological polar surface area (TPSA) is 29.9 Å². The standard InChI is InChI=1S/C12H16ClN3S/c1-3-10-12(13)11(16(2)15-10)8-14-7-9-5-4-6-17-9/h4-6,14H,3,7-8H2,1-2H3. The molecule has 0 aromatic carbocycles. The molecule has 0 bridgehead atoms. The van der Waals surface area contributed by atoms with Gasteiger partial charge in [0.15, 0.2) is 0 Å². The molecule has 0 aliphatic heterocycles. The Morgan fingerprint density at radius 3 is 2.88 bits per heavy atom. The smallest absolute Gasteiger partial charge is 0.0863 e. The summed E-state index contributed by atoms with van der Waals surface area (Å²) in [6.45, 7) is 3.69. The summed E-state index contributed by atoms with van der Waals surface area (Å²) in [7, 11) is 1.94. The minimum atomic E-state index is 0.750. The highest BCUT2D eigenvalue weighted by Crippen LogP contribution is 2.20. The Balaban J connectivity index is 1.97. The number of thiophene rings is 1. The molecule has 5 heteroatoms. The predicted molar refractivity (Wildman–Crippen MR) is 72.5 cm³/mol. The van der Waals surface area contributed by atoms with Crippen LogP contribution in [0.5, 0.6) is 0 Å². The molecule has 0 aliphatic rings. The number of nitrogens with one attached hydrogen (secondary N) is 1. The molecule has 0 saturated heterocycles. The van der Waals surface area contributed by atoms with Crippen LogP contribution in [0.3, 0.4) is 0 Å². The van der Waals surface area contributed by atoms with Gasteiger partial charge in [0.2, 0.25) is 0 Å². The molecular formula is C12H16ClN3S. The van der Waals surface area contributed by atoms with Crippen LogP contribution < -0.4 is 5.32 Å². The first-order valence-electron chi connectivity index (χ1n) is 5.65. The lowest BCUT2D eigenvalue weighted by atomic mass is 10.3. The highest BCUT2D eigenvalue weighted by molar-refractivity contribution is 7.09. The number of hydrogen-bond acceptors (Lipinski definition) is 3. The molecule has 3 nitrogen and oxygen atoms in total. The summed E-state index contributed by atoms with van der Waals surface area (Å²) < 4.78 is 1.86. The summed E-state index contributed by atoms with van der Waals surface area (Å²) in [5.41, 5.74) is 2.03. The molecule has 2 heterocycles. The lowest BCUT2D eigenvalue weighted by Crippen LogP contribution is -2.14. The van der Waals surface area contributed by atoms with Crippen molar-refractivity contribution < 1.29 is 0 Å². The zero-order chi connectivity index (χ0) is 12.3. The van der Waals surface area contributed by atoms with E-state index in [0.717, 1.165) is 35.9 Å². The number of aromatic nitrogens is 2. The van der Waals surface area contributed by atoms with Gasteiger partial charge in [-0.25, -0.2) is 0 Å². The predicted octanol–water partition coefficient (Wildman–Crippen LogP) is 2.99. The summed E-state index contributed by atoms with van der Waals surface area (Å²) in [6, 6.07) is 4.19. The van der Waals surface area contributed by atoms with E-state index < -0.39 is 0 Å². The van der Waals surface area contributed by atoms with Crippen molar-refractivity contribution in [2.24, 2.45) is 7.05 Å². The second-order valence-electron chi connectivity index (χ2n) is 3.87. The van der Waals surface area contributed by atoms with Crippen LogP contribution in [-0.2, 0) is 26.6 Å². The van der Waals surface area contributed by atoms with Gasteiger partial charge in [0.25, 0.3) is 0 Å². The number of aryl methyl sites for hydroxylation is 2. The van der Waals surface area contributed by atoms with Gasteiger partial charge in [0.05, 0.1) is 16.4 Å². The van der Waals surface area contributed by atoms with Crippen LogP contribution in [0.25, 0.3) is 0 Å². The molecule has 0 amide bonds. The van der Waals surface area contributed by atoms with Gasteiger partial charge in [-0.05, 0) is 17.9 Å². The van der Waals surface area contributed by atoms with E-state index in [-0.39, 0.29) is 0 Å². The molecule has 17 heavy (non-hydrogen) atoms. The van der Waals surface area contributed by atoms with E-state index >= 15 is 0 Å². The van der Waals surface area contributed by atoms with Gasteiger partial charge >= 0.3 is 0 Å². The molecule has 2 aromatic rings. The van der Waals surface area contributed by atoms with Crippen molar-refractivity contribution in [2.45, 2.75) is 26.4 Å². The Labute approximate surface area is 110 Å². The third-order valence-electron chi connectivity index (χ3n) is 2.67. The number of hydrogen-bond donors (Lipinski definition) is 1. The zero-order valence-corrected chi connectivity index (χ0v) is 11.6. The third-order valence-corrected chi connectivity index (χ3v) is 3.99. The summed E-state index contributed by atoms with van der Waals surface area (Å²) in [4.78, 5) is 1.33. The van der Waals surface area contributed by atoms with Crippen molar-refractivity contribution in [2.75, 3.05) is 0 Å². The fourth-order valence-corrected chi connectivity index (χ4v) is 2.76. The van der Waals surface area contributed by atoms with Crippen LogP contribution in [0.15, 0.2) is 17.5 Å². The SMILES string of the molecule is CCc1nn(C)c(CNCc2cccs2)c1Cl. The lowest BCUT2D eigenvalue weighted by molar-refractivity contribution is 0.627. The van der Waals surface area contributed by atoms with Crippen molar-refractivity contribution in [3.63, 3.8) is 0 Å². The largest absolute Gasteiger partial charge is 0.306 e. The number of halogens is 1. The van der Waals surface area contributed by atoms with Gasteiger partial charge in [0, 0.05) is 25.0 Å². The molecule has 1 N–H and O–H groups in total. The van der Waals surface area contributed by atoms with Crippen molar-refractivity contribution in [3.05, 3.63) is 38.8 Å². The van der Waals surface area contributed by atoms with Crippen LogP contribution in [-0.4, -0.2) is 9.78 Å². The quantitative estimate of drug-likeness (QED) is 0.904. The first-order chi connectivity index (χ1) is 8.22. The third kappa shape index (κ3) is 2.89. The van der Waals surface area contributed by atoms with E-state index in [4.69, 9.17) is 11.6 Å². The van der Waals surface area contributed by atoms with Crippen molar-refractivity contribution in [1.29, 1.82) is 0 Å². The Morgan fingerprint density at radius 2 is 2.29 bits per heavy atom. The van der Waals surface area contributed by atoms with Crippen LogP contribution in [0.2, 0.25) is 5.02 Å². The van der Waals surface area contributed by atoms with Gasteiger partial charge in [-0.1, -0.05) is 24.6 Å². The maximum Gasteiger partial charge on any atom is 0.0863 e. The molecular weight excluding hydrogens is 254 g/mol. The Morgan fingerprint density at radius 1 is 1.47 bits per heavy atom. The monoisotopic (exact) mass is 269 g/mol. The van der Waals surface area contributed by atoms with Crippen molar-refractivity contribution >= 4 is 22.9 Å². The molecule has 0 atom stereocenters. The second kappa shape index (κ2) is 5.67. The summed E-state index contributed by atoms with van der Waals surface area (Å²) in [5.74, 6) is 0. The minimum Gasteiger partial charge on any atom is -0.306 e. The average Bonchev–Trinajstić information content (AvgIpc) is 2.91. The molecule has 0 aliphatic carbocycles. The van der Waals surface area contributed by atoms with Crippen LogP contribution in [0.1, 0.15) is 23.2 Å². The highest BCUT2D eigenvalue weighted by Gasteiger charge is 2.12. The highest BCUT2D eigenvalue weighted by atomic mass is 35.5. The average molecular weight is 270 g/mol. The van der Waals surface area contributed by atoms with Crippen molar-refractivity contribution in [1.82, 2.24) is 15.1 Å². The normalized spacial score (nSPS) is 11.0. The Bertz CT molecular complexity index is 476. The molecule has 2 rings (SSSR count). The molecule has 0 saturated carbocycles. The van der Waals surface area contributed by atoms with E-state index in [1.54, 1.807) is 11.3 Å². The Kier molecular flexibility index (Phi) is 4.20.